The van der Waals surface area contributed by atoms with Crippen molar-refractivity contribution in [3.05, 3.63) is 47.3 Å². The summed E-state index contributed by atoms with van der Waals surface area (Å²) in [4.78, 5) is 11.0. The number of hydrogen-bond donors (Lipinski definition) is 1. The number of aryl methyl sites for hydroxylation is 1. The Morgan fingerprint density at radius 1 is 1.24 bits per heavy atom. The van der Waals surface area contributed by atoms with Crippen LogP contribution < -0.4 is 10.2 Å². The zero-order chi connectivity index (χ0) is 15.4. The number of anilines is 2. The molecule has 0 fully saturated rings. The first-order chi connectivity index (χ1) is 10.0. The molecule has 112 valence electrons. The van der Waals surface area contributed by atoms with Crippen molar-refractivity contribution in [2.24, 2.45) is 0 Å². The predicted octanol–water partition coefficient (Wildman–Crippen LogP) is 3.59. The number of aromatic nitrogens is 2. The van der Waals surface area contributed by atoms with Crippen LogP contribution in [0.1, 0.15) is 36.5 Å². The molecule has 2 aromatic rings. The fourth-order valence-electron chi connectivity index (χ4n) is 2.58. The highest BCUT2D eigenvalue weighted by Gasteiger charge is 2.17. The van der Waals surface area contributed by atoms with E-state index in [1.807, 2.05) is 7.05 Å². The highest BCUT2D eigenvalue weighted by molar-refractivity contribution is 5.60. The number of rotatable bonds is 5. The van der Waals surface area contributed by atoms with E-state index in [4.69, 9.17) is 0 Å². The molecule has 1 heterocycles. The molecule has 1 aromatic carbocycles. The van der Waals surface area contributed by atoms with Gasteiger partial charge < -0.3 is 10.2 Å². The minimum atomic E-state index is 0.364. The summed E-state index contributed by atoms with van der Waals surface area (Å²) >= 11 is 0. The Hall–Kier alpha value is -2.10. The average molecular weight is 284 g/mol. The number of nitrogens with one attached hydrogen (secondary N) is 1. The van der Waals surface area contributed by atoms with E-state index in [-0.39, 0.29) is 0 Å². The van der Waals surface area contributed by atoms with E-state index in [9.17, 15) is 0 Å². The van der Waals surface area contributed by atoms with E-state index in [0.717, 1.165) is 23.7 Å². The zero-order valence-electron chi connectivity index (χ0n) is 13.5. The van der Waals surface area contributed by atoms with Gasteiger partial charge in [-0.15, -0.1) is 0 Å². The predicted molar refractivity (Wildman–Crippen MR) is 89.0 cm³/mol. The van der Waals surface area contributed by atoms with Gasteiger partial charge in [0.1, 0.15) is 18.0 Å². The summed E-state index contributed by atoms with van der Waals surface area (Å²) in [5.74, 6) is 2.26. The van der Waals surface area contributed by atoms with Crippen LogP contribution >= 0.6 is 0 Å². The molecule has 4 heteroatoms. The van der Waals surface area contributed by atoms with E-state index < -0.39 is 0 Å². The number of benzene rings is 1. The van der Waals surface area contributed by atoms with Crippen LogP contribution in [0.2, 0.25) is 0 Å². The first-order valence-electron chi connectivity index (χ1n) is 7.32. The van der Waals surface area contributed by atoms with Crippen LogP contribution in [0.3, 0.4) is 0 Å². The molecular weight excluding hydrogens is 260 g/mol. The Morgan fingerprint density at radius 2 is 2.00 bits per heavy atom. The van der Waals surface area contributed by atoms with Crippen LogP contribution in [0.4, 0.5) is 11.6 Å². The van der Waals surface area contributed by atoms with E-state index in [0.29, 0.717) is 5.92 Å². The maximum absolute atomic E-state index is 4.50. The van der Waals surface area contributed by atoms with Gasteiger partial charge in [-0.25, -0.2) is 9.97 Å². The second-order valence-corrected chi connectivity index (χ2v) is 5.71. The standard InChI is InChI=1S/C17H24N4/c1-12(2)15-16(18-4)19-11-20-17(15)21(5)10-14-8-6-7-13(3)9-14/h6-9,11-12H,10H2,1-5H3,(H,18,19,20). The third kappa shape index (κ3) is 3.51. The Balaban J connectivity index is 2.32. The molecule has 0 radical (unpaired) electrons. The molecule has 0 aliphatic carbocycles. The molecule has 1 aromatic heterocycles. The highest BCUT2D eigenvalue weighted by atomic mass is 15.2. The highest BCUT2D eigenvalue weighted by Crippen LogP contribution is 2.30. The van der Waals surface area contributed by atoms with E-state index in [1.54, 1.807) is 6.33 Å². The van der Waals surface area contributed by atoms with Crippen LogP contribution in [-0.2, 0) is 6.54 Å². The van der Waals surface area contributed by atoms with Crippen molar-refractivity contribution in [2.75, 3.05) is 24.3 Å². The van der Waals surface area contributed by atoms with Crippen LogP contribution in [0.25, 0.3) is 0 Å². The summed E-state index contributed by atoms with van der Waals surface area (Å²) < 4.78 is 0. The third-order valence-corrected chi connectivity index (χ3v) is 3.54. The molecule has 4 nitrogen and oxygen atoms in total. The van der Waals surface area contributed by atoms with E-state index in [1.165, 1.54) is 11.1 Å². The van der Waals surface area contributed by atoms with Crippen molar-refractivity contribution in [3.8, 4) is 0 Å². The molecule has 0 aliphatic heterocycles. The number of hydrogen-bond acceptors (Lipinski definition) is 4. The molecule has 0 aliphatic rings. The Bertz CT molecular complexity index is 607. The average Bonchev–Trinajstić information content (AvgIpc) is 2.46. The summed E-state index contributed by atoms with van der Waals surface area (Å²) in [6, 6.07) is 8.58. The van der Waals surface area contributed by atoms with Crippen molar-refractivity contribution in [1.29, 1.82) is 0 Å². The smallest absolute Gasteiger partial charge is 0.137 e. The quantitative estimate of drug-likeness (QED) is 0.911. The summed E-state index contributed by atoms with van der Waals surface area (Å²) in [7, 11) is 3.98. The minimum absolute atomic E-state index is 0.364. The largest absolute Gasteiger partial charge is 0.373 e. The summed E-state index contributed by atoms with van der Waals surface area (Å²) in [6.07, 6.45) is 1.62. The topological polar surface area (TPSA) is 41.1 Å². The third-order valence-electron chi connectivity index (χ3n) is 3.54. The summed E-state index contributed by atoms with van der Waals surface area (Å²) in [5.41, 5.74) is 3.73. The Labute approximate surface area is 127 Å². The SMILES string of the molecule is CNc1ncnc(N(C)Cc2cccc(C)c2)c1C(C)C. The van der Waals surface area contributed by atoms with Crippen molar-refractivity contribution in [3.63, 3.8) is 0 Å². The van der Waals surface area contributed by atoms with Gasteiger partial charge in [0.05, 0.1) is 0 Å². The minimum Gasteiger partial charge on any atom is -0.373 e. The van der Waals surface area contributed by atoms with Crippen molar-refractivity contribution in [2.45, 2.75) is 33.2 Å². The van der Waals surface area contributed by atoms with E-state index in [2.05, 4.69) is 72.3 Å². The van der Waals surface area contributed by atoms with Crippen LogP contribution in [-0.4, -0.2) is 24.1 Å². The monoisotopic (exact) mass is 284 g/mol. The van der Waals surface area contributed by atoms with Crippen molar-refractivity contribution in [1.82, 2.24) is 9.97 Å². The first kappa shape index (κ1) is 15.3. The van der Waals surface area contributed by atoms with Crippen molar-refractivity contribution >= 4 is 11.6 Å². The Kier molecular flexibility index (Phi) is 4.78. The summed E-state index contributed by atoms with van der Waals surface area (Å²) in [5, 5.41) is 3.17. The molecule has 21 heavy (non-hydrogen) atoms. The fraction of sp³-hybridized carbons (Fsp3) is 0.412. The van der Waals surface area contributed by atoms with Gasteiger partial charge in [0, 0.05) is 26.2 Å². The molecule has 0 atom stereocenters. The lowest BCUT2D eigenvalue weighted by Crippen LogP contribution is -2.21. The van der Waals surface area contributed by atoms with Gasteiger partial charge in [0.15, 0.2) is 0 Å². The molecule has 0 amide bonds. The Morgan fingerprint density at radius 3 is 2.62 bits per heavy atom. The molecule has 0 saturated heterocycles. The molecule has 1 N–H and O–H groups in total. The zero-order valence-corrected chi connectivity index (χ0v) is 13.5. The molecule has 2 rings (SSSR count). The molecule has 0 unspecified atom stereocenters. The van der Waals surface area contributed by atoms with Crippen LogP contribution in [0.5, 0.6) is 0 Å². The van der Waals surface area contributed by atoms with Gasteiger partial charge in [-0.05, 0) is 18.4 Å². The van der Waals surface area contributed by atoms with Crippen molar-refractivity contribution < 1.29 is 0 Å². The fourth-order valence-corrected chi connectivity index (χ4v) is 2.58. The molecule has 0 bridgehead atoms. The lowest BCUT2D eigenvalue weighted by molar-refractivity contribution is 0.810. The maximum atomic E-state index is 4.50. The first-order valence-corrected chi connectivity index (χ1v) is 7.32. The number of nitrogens with zero attached hydrogens (tertiary/aromatic N) is 3. The van der Waals surface area contributed by atoms with E-state index >= 15 is 0 Å². The van der Waals surface area contributed by atoms with Gasteiger partial charge in [-0.1, -0.05) is 43.7 Å². The lowest BCUT2D eigenvalue weighted by Gasteiger charge is -2.24. The van der Waals surface area contributed by atoms with Crippen LogP contribution in [0.15, 0.2) is 30.6 Å². The summed E-state index contributed by atoms with van der Waals surface area (Å²) in [6.45, 7) is 7.29. The molecule has 0 spiro atoms. The molecule has 0 saturated carbocycles. The second kappa shape index (κ2) is 6.57. The van der Waals surface area contributed by atoms with Gasteiger partial charge in [0.25, 0.3) is 0 Å². The normalized spacial score (nSPS) is 10.8. The van der Waals surface area contributed by atoms with Gasteiger partial charge in [-0.3, -0.25) is 0 Å². The van der Waals surface area contributed by atoms with Gasteiger partial charge in [-0.2, -0.15) is 0 Å². The van der Waals surface area contributed by atoms with Gasteiger partial charge in [0.2, 0.25) is 0 Å². The van der Waals surface area contributed by atoms with Crippen LogP contribution in [0, 0.1) is 6.92 Å². The van der Waals surface area contributed by atoms with Gasteiger partial charge >= 0.3 is 0 Å². The molecular formula is C17H24N4. The second-order valence-electron chi connectivity index (χ2n) is 5.71. The maximum Gasteiger partial charge on any atom is 0.137 e. The lowest BCUT2D eigenvalue weighted by atomic mass is 10.0.